The number of alkyl halides is 3. The molecule has 0 aliphatic rings. The molecule has 6 heteroatoms. The average molecular weight is 269 g/mol. The summed E-state index contributed by atoms with van der Waals surface area (Å²) in [5.41, 5.74) is -2.75. The molecular formula is C11H18F3NOS. The molecule has 2 nitrogen and oxygen atoms in total. The Labute approximate surface area is 104 Å². The molecule has 0 saturated carbocycles. The number of nitrogens with zero attached hydrogens (tertiary/aromatic N) is 1. The zero-order chi connectivity index (χ0) is 13.7. The summed E-state index contributed by atoms with van der Waals surface area (Å²) in [6, 6.07) is 0. The van der Waals surface area contributed by atoms with E-state index in [1.165, 1.54) is 6.92 Å². The van der Waals surface area contributed by atoms with Crippen molar-refractivity contribution < 1.29 is 18.3 Å². The molecule has 100 valence electrons. The average Bonchev–Trinajstić information content (AvgIpc) is 2.78. The standard InChI is InChI=1S/C9H12F3NOS.C2H6/c1-3-7-13-5-6(15-7)8(14,4-2)9(10,11)12;1-2/h5,14H,3-4H2,1-2H3;1-2H3. The highest BCUT2D eigenvalue weighted by Crippen LogP contribution is 2.43. The van der Waals surface area contributed by atoms with Crippen molar-refractivity contribution in [3.63, 3.8) is 0 Å². The molecule has 0 fully saturated rings. The minimum Gasteiger partial charge on any atom is -0.376 e. The van der Waals surface area contributed by atoms with E-state index in [2.05, 4.69) is 4.98 Å². The second-order valence-electron chi connectivity index (χ2n) is 3.18. The summed E-state index contributed by atoms with van der Waals surface area (Å²) in [5, 5.41) is 10.2. The summed E-state index contributed by atoms with van der Waals surface area (Å²) in [6.07, 6.45) is -3.37. The largest absolute Gasteiger partial charge is 0.422 e. The minimum atomic E-state index is -4.65. The number of halogens is 3. The van der Waals surface area contributed by atoms with E-state index < -0.39 is 18.2 Å². The Balaban J connectivity index is 0.00000121. The quantitative estimate of drug-likeness (QED) is 0.903. The van der Waals surface area contributed by atoms with Gasteiger partial charge in [0.25, 0.3) is 0 Å². The lowest BCUT2D eigenvalue weighted by Crippen LogP contribution is -2.40. The van der Waals surface area contributed by atoms with Crippen LogP contribution in [-0.4, -0.2) is 16.3 Å². The fourth-order valence-electron chi connectivity index (χ4n) is 1.18. The second kappa shape index (κ2) is 6.35. The van der Waals surface area contributed by atoms with Crippen LogP contribution in [0.25, 0.3) is 0 Å². The van der Waals surface area contributed by atoms with Gasteiger partial charge in [-0.05, 0) is 12.8 Å². The fourth-order valence-corrected chi connectivity index (χ4v) is 2.22. The van der Waals surface area contributed by atoms with Crippen LogP contribution in [0.15, 0.2) is 6.20 Å². The van der Waals surface area contributed by atoms with Crippen LogP contribution in [0.2, 0.25) is 0 Å². The molecule has 0 aromatic carbocycles. The van der Waals surface area contributed by atoms with Crippen molar-refractivity contribution in [2.75, 3.05) is 0 Å². The zero-order valence-corrected chi connectivity index (χ0v) is 11.2. The fraction of sp³-hybridized carbons (Fsp3) is 0.727. The van der Waals surface area contributed by atoms with Crippen LogP contribution in [0, 0.1) is 0 Å². The Kier molecular flexibility index (Phi) is 6.12. The minimum absolute atomic E-state index is 0.130. The third-order valence-electron chi connectivity index (χ3n) is 2.24. The van der Waals surface area contributed by atoms with Gasteiger partial charge in [-0.3, -0.25) is 0 Å². The molecule has 17 heavy (non-hydrogen) atoms. The van der Waals surface area contributed by atoms with Gasteiger partial charge in [0, 0.05) is 6.20 Å². The summed E-state index contributed by atoms with van der Waals surface area (Å²) in [5.74, 6) is 0. The van der Waals surface area contributed by atoms with Gasteiger partial charge in [0.05, 0.1) is 9.88 Å². The molecule has 1 aromatic rings. The van der Waals surface area contributed by atoms with Gasteiger partial charge in [0.2, 0.25) is 0 Å². The van der Waals surface area contributed by atoms with E-state index in [4.69, 9.17) is 0 Å². The first-order chi connectivity index (χ1) is 7.85. The van der Waals surface area contributed by atoms with Gasteiger partial charge in [-0.2, -0.15) is 13.2 Å². The first kappa shape index (κ1) is 16.4. The number of hydrogen-bond acceptors (Lipinski definition) is 3. The lowest BCUT2D eigenvalue weighted by molar-refractivity contribution is -0.266. The SMILES string of the molecule is CC.CCc1ncc(C(O)(CC)C(F)(F)F)s1. The third kappa shape index (κ3) is 3.42. The van der Waals surface area contributed by atoms with Crippen LogP contribution < -0.4 is 0 Å². The highest BCUT2D eigenvalue weighted by Gasteiger charge is 2.54. The van der Waals surface area contributed by atoms with Crippen molar-refractivity contribution in [3.05, 3.63) is 16.1 Å². The number of aromatic nitrogens is 1. The van der Waals surface area contributed by atoms with E-state index in [0.717, 1.165) is 17.5 Å². The van der Waals surface area contributed by atoms with Crippen LogP contribution in [0.5, 0.6) is 0 Å². The number of aliphatic hydroxyl groups is 1. The Morgan fingerprint density at radius 1 is 1.29 bits per heavy atom. The van der Waals surface area contributed by atoms with Gasteiger partial charge in [0.1, 0.15) is 0 Å². The molecular weight excluding hydrogens is 251 g/mol. The molecule has 0 aliphatic heterocycles. The Bertz CT molecular complexity index is 338. The van der Waals surface area contributed by atoms with E-state index in [0.29, 0.717) is 11.4 Å². The summed E-state index contributed by atoms with van der Waals surface area (Å²) in [6.45, 7) is 7.11. The van der Waals surface area contributed by atoms with Gasteiger partial charge in [0.15, 0.2) is 5.60 Å². The van der Waals surface area contributed by atoms with Gasteiger partial charge < -0.3 is 5.11 Å². The second-order valence-corrected chi connectivity index (χ2v) is 4.30. The lowest BCUT2D eigenvalue weighted by atomic mass is 9.99. The van der Waals surface area contributed by atoms with Crippen LogP contribution in [0.4, 0.5) is 13.2 Å². The molecule has 0 bridgehead atoms. The van der Waals surface area contributed by atoms with Crippen molar-refractivity contribution in [1.29, 1.82) is 0 Å². The third-order valence-corrected chi connectivity index (χ3v) is 3.54. The van der Waals surface area contributed by atoms with Crippen LogP contribution >= 0.6 is 11.3 Å². The van der Waals surface area contributed by atoms with Crippen molar-refractivity contribution >= 4 is 11.3 Å². The lowest BCUT2D eigenvalue weighted by Gasteiger charge is -2.27. The van der Waals surface area contributed by atoms with E-state index >= 15 is 0 Å². The molecule has 0 aliphatic carbocycles. The van der Waals surface area contributed by atoms with Crippen LogP contribution in [-0.2, 0) is 12.0 Å². The molecule has 1 unspecified atom stereocenters. The van der Waals surface area contributed by atoms with Gasteiger partial charge >= 0.3 is 6.18 Å². The van der Waals surface area contributed by atoms with Crippen LogP contribution in [0.1, 0.15) is 44.0 Å². The number of thiazole rings is 1. The van der Waals surface area contributed by atoms with Crippen molar-refractivity contribution in [2.24, 2.45) is 0 Å². The smallest absolute Gasteiger partial charge is 0.376 e. The molecule has 1 rings (SSSR count). The molecule has 0 saturated heterocycles. The summed E-state index contributed by atoms with van der Waals surface area (Å²) >= 11 is 0.910. The molecule has 0 spiro atoms. The Morgan fingerprint density at radius 3 is 2.12 bits per heavy atom. The van der Waals surface area contributed by atoms with Gasteiger partial charge in [-0.15, -0.1) is 11.3 Å². The number of hydrogen-bond donors (Lipinski definition) is 1. The van der Waals surface area contributed by atoms with Crippen LogP contribution in [0.3, 0.4) is 0 Å². The van der Waals surface area contributed by atoms with Gasteiger partial charge in [-0.25, -0.2) is 4.98 Å². The summed E-state index contributed by atoms with van der Waals surface area (Å²) < 4.78 is 37.9. The van der Waals surface area contributed by atoms with Crippen molar-refractivity contribution in [3.8, 4) is 0 Å². The molecule has 1 aromatic heterocycles. The van der Waals surface area contributed by atoms with Crippen molar-refractivity contribution in [2.45, 2.75) is 52.3 Å². The molecule has 1 heterocycles. The Hall–Kier alpha value is -0.620. The van der Waals surface area contributed by atoms with Gasteiger partial charge in [-0.1, -0.05) is 27.7 Å². The van der Waals surface area contributed by atoms with Crippen molar-refractivity contribution in [1.82, 2.24) is 4.98 Å². The zero-order valence-electron chi connectivity index (χ0n) is 10.4. The highest BCUT2D eigenvalue weighted by atomic mass is 32.1. The maximum absolute atomic E-state index is 12.6. The van der Waals surface area contributed by atoms with E-state index in [1.54, 1.807) is 6.92 Å². The number of aryl methyl sites for hydroxylation is 1. The molecule has 1 N–H and O–H groups in total. The predicted octanol–water partition coefficient (Wildman–Crippen LogP) is 3.89. The summed E-state index contributed by atoms with van der Waals surface area (Å²) in [4.78, 5) is 3.69. The predicted molar refractivity (Wildman–Crippen MR) is 63.1 cm³/mol. The van der Waals surface area contributed by atoms with E-state index in [1.807, 2.05) is 13.8 Å². The van der Waals surface area contributed by atoms with E-state index in [9.17, 15) is 18.3 Å². The molecule has 0 amide bonds. The first-order valence-electron chi connectivity index (χ1n) is 5.59. The maximum Gasteiger partial charge on any atom is 0.422 e. The molecule has 1 atom stereocenters. The first-order valence-corrected chi connectivity index (χ1v) is 6.41. The monoisotopic (exact) mass is 269 g/mol. The maximum atomic E-state index is 12.6. The topological polar surface area (TPSA) is 33.1 Å². The summed E-state index contributed by atoms with van der Waals surface area (Å²) in [7, 11) is 0. The number of rotatable bonds is 3. The van der Waals surface area contributed by atoms with E-state index in [-0.39, 0.29) is 4.88 Å². The Morgan fingerprint density at radius 2 is 1.82 bits per heavy atom. The molecule has 0 radical (unpaired) electrons. The normalized spacial score (nSPS) is 14.8. The highest BCUT2D eigenvalue weighted by molar-refractivity contribution is 7.11.